The molecule has 0 bridgehead atoms. The van der Waals surface area contributed by atoms with Crippen molar-refractivity contribution in [3.8, 4) is 5.75 Å². The lowest BCUT2D eigenvalue weighted by Gasteiger charge is -2.14. The van der Waals surface area contributed by atoms with E-state index in [0.29, 0.717) is 19.8 Å². The minimum absolute atomic E-state index is 0.0448. The fraction of sp³-hybridized carbons (Fsp3) is 0.533. The van der Waals surface area contributed by atoms with Crippen molar-refractivity contribution in [1.29, 1.82) is 0 Å². The van der Waals surface area contributed by atoms with Gasteiger partial charge in [-0.1, -0.05) is 18.2 Å². The third-order valence-electron chi connectivity index (χ3n) is 3.35. The number of amides is 1. The highest BCUT2D eigenvalue weighted by atomic mass is 16.5. The van der Waals surface area contributed by atoms with Crippen molar-refractivity contribution in [2.75, 3.05) is 26.9 Å². The van der Waals surface area contributed by atoms with E-state index in [2.05, 4.69) is 10.6 Å². The summed E-state index contributed by atoms with van der Waals surface area (Å²) in [6.45, 7) is 2.47. The van der Waals surface area contributed by atoms with Crippen LogP contribution in [0.5, 0.6) is 5.75 Å². The zero-order valence-corrected chi connectivity index (χ0v) is 11.9. The van der Waals surface area contributed by atoms with Gasteiger partial charge in [0, 0.05) is 19.2 Å². The van der Waals surface area contributed by atoms with Crippen molar-refractivity contribution in [1.82, 2.24) is 10.6 Å². The molecule has 1 aromatic rings. The fourth-order valence-electron chi connectivity index (χ4n) is 2.24. The third kappa shape index (κ3) is 4.21. The number of hydrogen-bond acceptors (Lipinski definition) is 4. The zero-order chi connectivity index (χ0) is 14.2. The number of rotatable bonds is 7. The average Bonchev–Trinajstić information content (AvgIpc) is 3.00. The van der Waals surface area contributed by atoms with Gasteiger partial charge in [0.15, 0.2) is 0 Å². The van der Waals surface area contributed by atoms with Crippen LogP contribution in [0, 0.1) is 0 Å². The number of nitrogens with one attached hydrogen (secondary N) is 2. The maximum Gasteiger partial charge on any atom is 0.237 e. The summed E-state index contributed by atoms with van der Waals surface area (Å²) in [5, 5.41) is 6.15. The molecule has 0 saturated carbocycles. The highest BCUT2D eigenvalue weighted by molar-refractivity contribution is 5.82. The highest BCUT2D eigenvalue weighted by Gasteiger charge is 2.21. The molecular weight excluding hydrogens is 256 g/mol. The van der Waals surface area contributed by atoms with Gasteiger partial charge in [0.05, 0.1) is 12.6 Å². The van der Waals surface area contributed by atoms with Crippen molar-refractivity contribution in [3.63, 3.8) is 0 Å². The van der Waals surface area contributed by atoms with Crippen molar-refractivity contribution < 1.29 is 14.3 Å². The molecule has 5 heteroatoms. The number of benzene rings is 1. The Bertz CT molecular complexity index is 431. The van der Waals surface area contributed by atoms with E-state index in [4.69, 9.17) is 9.47 Å². The molecular formula is C15H22N2O3. The van der Waals surface area contributed by atoms with Crippen molar-refractivity contribution in [3.05, 3.63) is 29.8 Å². The summed E-state index contributed by atoms with van der Waals surface area (Å²) in [4.78, 5) is 12.0. The molecule has 1 heterocycles. The number of carbonyl (C=O) groups is 1. The molecule has 1 aliphatic heterocycles. The van der Waals surface area contributed by atoms with E-state index < -0.39 is 0 Å². The quantitative estimate of drug-likeness (QED) is 0.733. The topological polar surface area (TPSA) is 59.6 Å². The normalized spacial score (nSPS) is 17.9. The van der Waals surface area contributed by atoms with Crippen LogP contribution < -0.4 is 15.4 Å². The van der Waals surface area contributed by atoms with Crippen LogP contribution in [-0.2, 0) is 16.1 Å². The molecule has 1 fully saturated rings. The molecule has 0 spiro atoms. The second-order valence-corrected chi connectivity index (χ2v) is 4.82. The first-order valence-electron chi connectivity index (χ1n) is 7.02. The Kier molecular flexibility index (Phi) is 5.83. The molecule has 5 nitrogen and oxygen atoms in total. The summed E-state index contributed by atoms with van der Waals surface area (Å²) in [6, 6.07) is 7.69. The first-order chi connectivity index (χ1) is 9.81. The average molecular weight is 278 g/mol. The Balaban J connectivity index is 1.86. The zero-order valence-electron chi connectivity index (χ0n) is 11.9. The fourth-order valence-corrected chi connectivity index (χ4v) is 2.24. The first kappa shape index (κ1) is 14.8. The van der Waals surface area contributed by atoms with Crippen LogP contribution in [-0.4, -0.2) is 38.8 Å². The summed E-state index contributed by atoms with van der Waals surface area (Å²) < 4.78 is 10.6. The maximum atomic E-state index is 12.0. The molecule has 0 aromatic heterocycles. The molecule has 1 amide bonds. The summed E-state index contributed by atoms with van der Waals surface area (Å²) >= 11 is 0. The lowest BCUT2D eigenvalue weighted by atomic mass is 10.2. The van der Waals surface area contributed by atoms with Gasteiger partial charge in [-0.05, 0) is 25.5 Å². The minimum atomic E-state index is -0.0448. The van der Waals surface area contributed by atoms with Crippen molar-refractivity contribution in [2.45, 2.75) is 25.4 Å². The molecule has 110 valence electrons. The summed E-state index contributed by atoms with van der Waals surface area (Å²) in [5.41, 5.74) is 0.981. The summed E-state index contributed by atoms with van der Waals surface area (Å²) in [7, 11) is 1.64. The monoisotopic (exact) mass is 278 g/mol. The molecule has 1 aromatic carbocycles. The first-order valence-corrected chi connectivity index (χ1v) is 7.02. The molecule has 20 heavy (non-hydrogen) atoms. The predicted octanol–water partition coefficient (Wildman–Crippen LogP) is 1.08. The van der Waals surface area contributed by atoms with Gasteiger partial charge in [-0.3, -0.25) is 4.79 Å². The second kappa shape index (κ2) is 7.87. The Morgan fingerprint density at radius 1 is 1.40 bits per heavy atom. The van der Waals surface area contributed by atoms with Crippen LogP contribution in [0.15, 0.2) is 24.3 Å². The maximum absolute atomic E-state index is 12.0. The van der Waals surface area contributed by atoms with Gasteiger partial charge in [-0.15, -0.1) is 0 Å². The Morgan fingerprint density at radius 3 is 3.00 bits per heavy atom. The van der Waals surface area contributed by atoms with E-state index in [0.717, 1.165) is 30.7 Å². The molecule has 2 N–H and O–H groups in total. The Morgan fingerprint density at radius 2 is 2.25 bits per heavy atom. The number of carbonyl (C=O) groups excluding carboxylic acids is 1. The van der Waals surface area contributed by atoms with Gasteiger partial charge in [0.2, 0.25) is 5.91 Å². The lowest BCUT2D eigenvalue weighted by molar-refractivity contribution is -0.122. The highest BCUT2D eigenvalue weighted by Crippen LogP contribution is 2.17. The predicted molar refractivity (Wildman–Crippen MR) is 76.7 cm³/mol. The number of para-hydroxylation sites is 1. The molecule has 2 rings (SSSR count). The number of hydrogen-bond donors (Lipinski definition) is 2. The van der Waals surface area contributed by atoms with Crippen LogP contribution in [0.2, 0.25) is 0 Å². The van der Waals surface area contributed by atoms with Crippen LogP contribution >= 0.6 is 0 Å². The standard InChI is InChI=1S/C15H22N2O3/c1-19-9-10-20-14-7-3-2-5-12(14)11-17-15(18)13-6-4-8-16-13/h2-3,5,7,13,16H,4,6,8-11H2,1H3,(H,17,18). The van der Waals surface area contributed by atoms with E-state index in [9.17, 15) is 4.79 Å². The Hall–Kier alpha value is -1.59. The Labute approximate surface area is 119 Å². The van der Waals surface area contributed by atoms with Gasteiger partial charge in [-0.2, -0.15) is 0 Å². The van der Waals surface area contributed by atoms with Crippen LogP contribution in [0.1, 0.15) is 18.4 Å². The van der Waals surface area contributed by atoms with Crippen LogP contribution in [0.4, 0.5) is 0 Å². The van der Waals surface area contributed by atoms with Crippen LogP contribution in [0.25, 0.3) is 0 Å². The van der Waals surface area contributed by atoms with Crippen LogP contribution in [0.3, 0.4) is 0 Å². The van der Waals surface area contributed by atoms with Gasteiger partial charge in [-0.25, -0.2) is 0 Å². The largest absolute Gasteiger partial charge is 0.491 e. The molecule has 1 unspecified atom stereocenters. The van der Waals surface area contributed by atoms with Crippen molar-refractivity contribution >= 4 is 5.91 Å². The van der Waals surface area contributed by atoms with E-state index >= 15 is 0 Å². The van der Waals surface area contributed by atoms with E-state index in [1.54, 1.807) is 7.11 Å². The third-order valence-corrected chi connectivity index (χ3v) is 3.35. The lowest BCUT2D eigenvalue weighted by Crippen LogP contribution is -2.40. The van der Waals surface area contributed by atoms with E-state index in [1.165, 1.54) is 0 Å². The molecule has 1 aliphatic rings. The van der Waals surface area contributed by atoms with E-state index in [1.807, 2.05) is 24.3 Å². The van der Waals surface area contributed by atoms with Gasteiger partial charge in [0.1, 0.15) is 12.4 Å². The summed E-state index contributed by atoms with van der Waals surface area (Å²) in [6.07, 6.45) is 1.98. The van der Waals surface area contributed by atoms with Crippen molar-refractivity contribution in [2.24, 2.45) is 0 Å². The molecule has 0 aliphatic carbocycles. The second-order valence-electron chi connectivity index (χ2n) is 4.82. The number of methoxy groups -OCH3 is 1. The smallest absolute Gasteiger partial charge is 0.237 e. The molecule has 1 atom stereocenters. The van der Waals surface area contributed by atoms with Gasteiger partial charge in [0.25, 0.3) is 0 Å². The molecule has 0 radical (unpaired) electrons. The minimum Gasteiger partial charge on any atom is -0.491 e. The summed E-state index contributed by atoms with van der Waals surface area (Å²) in [5.74, 6) is 0.860. The SMILES string of the molecule is COCCOc1ccccc1CNC(=O)C1CCCN1. The molecule has 1 saturated heterocycles. The number of ether oxygens (including phenoxy) is 2. The van der Waals surface area contributed by atoms with Gasteiger partial charge < -0.3 is 20.1 Å². The van der Waals surface area contributed by atoms with E-state index in [-0.39, 0.29) is 11.9 Å². The van der Waals surface area contributed by atoms with Gasteiger partial charge >= 0.3 is 0 Å².